The molecule has 7 heteroatoms. The van der Waals surface area contributed by atoms with Crippen LogP contribution in [0.15, 0.2) is 28.9 Å². The highest BCUT2D eigenvalue weighted by Gasteiger charge is 2.12. The maximum atomic E-state index is 13.7. The standard InChI is InChI=1S/C14H15BrFN3O2/c1-3-6-17-14-18-8-11(16)13(19-14)21-12-5-4-9(20-2)7-10(12)15/h4-5,7-8H,3,6H2,1-2H3,(H,17,18,19). The molecule has 0 radical (unpaired) electrons. The average molecular weight is 356 g/mol. The van der Waals surface area contributed by atoms with E-state index in [-0.39, 0.29) is 5.88 Å². The van der Waals surface area contributed by atoms with Crippen molar-refractivity contribution >= 4 is 21.9 Å². The Bertz CT molecular complexity index is 625. The van der Waals surface area contributed by atoms with Crippen molar-refractivity contribution in [2.24, 2.45) is 0 Å². The highest BCUT2D eigenvalue weighted by molar-refractivity contribution is 9.10. The molecule has 0 aliphatic heterocycles. The number of aromatic nitrogens is 2. The molecule has 1 aromatic heterocycles. The zero-order valence-corrected chi connectivity index (χ0v) is 13.3. The highest BCUT2D eigenvalue weighted by Crippen LogP contribution is 2.33. The van der Waals surface area contributed by atoms with Crippen LogP contribution < -0.4 is 14.8 Å². The molecule has 0 bridgehead atoms. The number of nitrogens with zero attached hydrogens (tertiary/aromatic N) is 2. The van der Waals surface area contributed by atoms with E-state index in [1.165, 1.54) is 0 Å². The molecule has 1 N–H and O–H groups in total. The van der Waals surface area contributed by atoms with Gasteiger partial charge >= 0.3 is 0 Å². The molecule has 0 aliphatic carbocycles. The number of hydrogen-bond acceptors (Lipinski definition) is 5. The number of rotatable bonds is 6. The van der Waals surface area contributed by atoms with Crippen molar-refractivity contribution in [1.29, 1.82) is 0 Å². The third kappa shape index (κ3) is 4.04. The van der Waals surface area contributed by atoms with Gasteiger partial charge in [-0.05, 0) is 40.5 Å². The van der Waals surface area contributed by atoms with Crippen LogP contribution in [-0.2, 0) is 0 Å². The van der Waals surface area contributed by atoms with Crippen LogP contribution >= 0.6 is 15.9 Å². The number of ether oxygens (including phenoxy) is 2. The molecule has 0 fully saturated rings. The smallest absolute Gasteiger partial charge is 0.260 e. The van der Waals surface area contributed by atoms with Crippen LogP contribution in [0.1, 0.15) is 13.3 Å². The van der Waals surface area contributed by atoms with Crippen LogP contribution in [0, 0.1) is 5.82 Å². The summed E-state index contributed by atoms with van der Waals surface area (Å²) in [5.41, 5.74) is 0. The Morgan fingerprint density at radius 1 is 1.38 bits per heavy atom. The fourth-order valence-corrected chi connectivity index (χ4v) is 1.98. The zero-order valence-electron chi connectivity index (χ0n) is 11.7. The van der Waals surface area contributed by atoms with Gasteiger partial charge in [0.25, 0.3) is 5.88 Å². The number of anilines is 1. The fraction of sp³-hybridized carbons (Fsp3) is 0.286. The minimum absolute atomic E-state index is 0.130. The molecule has 2 rings (SSSR count). The number of nitrogens with one attached hydrogen (secondary N) is 1. The summed E-state index contributed by atoms with van der Waals surface area (Å²) in [6.45, 7) is 2.72. The van der Waals surface area contributed by atoms with E-state index in [0.29, 0.717) is 28.5 Å². The molecule has 0 unspecified atom stereocenters. The Balaban J connectivity index is 2.22. The van der Waals surface area contributed by atoms with Crippen molar-refractivity contribution in [3.63, 3.8) is 0 Å². The second kappa shape index (κ2) is 7.21. The summed E-state index contributed by atoms with van der Waals surface area (Å²) in [7, 11) is 1.57. The topological polar surface area (TPSA) is 56.3 Å². The maximum absolute atomic E-state index is 13.7. The Kier molecular flexibility index (Phi) is 5.32. The Hall–Kier alpha value is -1.89. The van der Waals surface area contributed by atoms with Crippen LogP contribution in [-0.4, -0.2) is 23.6 Å². The molecular weight excluding hydrogens is 341 g/mol. The summed E-state index contributed by atoms with van der Waals surface area (Å²) in [6, 6.07) is 5.11. The minimum atomic E-state index is -0.625. The lowest BCUT2D eigenvalue weighted by atomic mass is 10.3. The van der Waals surface area contributed by atoms with E-state index in [0.717, 1.165) is 12.6 Å². The van der Waals surface area contributed by atoms with Gasteiger partial charge in [-0.3, -0.25) is 0 Å². The Morgan fingerprint density at radius 2 is 2.19 bits per heavy atom. The molecule has 0 saturated heterocycles. The fourth-order valence-electron chi connectivity index (χ4n) is 1.54. The Morgan fingerprint density at radius 3 is 2.86 bits per heavy atom. The van der Waals surface area contributed by atoms with E-state index in [1.807, 2.05) is 6.92 Å². The van der Waals surface area contributed by atoms with Crippen molar-refractivity contribution in [3.05, 3.63) is 34.7 Å². The average Bonchev–Trinajstić information content (AvgIpc) is 2.49. The molecule has 0 amide bonds. The second-order valence-corrected chi connectivity index (χ2v) is 5.03. The molecule has 0 aliphatic rings. The third-order valence-corrected chi connectivity index (χ3v) is 3.21. The van der Waals surface area contributed by atoms with Crippen LogP contribution in [0.2, 0.25) is 0 Å². The second-order valence-electron chi connectivity index (χ2n) is 4.17. The third-order valence-electron chi connectivity index (χ3n) is 2.59. The van der Waals surface area contributed by atoms with E-state index in [2.05, 4.69) is 31.2 Å². The van der Waals surface area contributed by atoms with Crippen molar-refractivity contribution in [2.45, 2.75) is 13.3 Å². The number of methoxy groups -OCH3 is 1. The SMILES string of the molecule is CCCNc1ncc(F)c(Oc2ccc(OC)cc2Br)n1. The molecule has 1 heterocycles. The van der Waals surface area contributed by atoms with Gasteiger partial charge < -0.3 is 14.8 Å². The van der Waals surface area contributed by atoms with Gasteiger partial charge in [0.15, 0.2) is 0 Å². The number of benzene rings is 1. The summed E-state index contributed by atoms with van der Waals surface area (Å²) in [6.07, 6.45) is 2.00. The molecule has 1 aromatic carbocycles. The van der Waals surface area contributed by atoms with Gasteiger partial charge in [-0.1, -0.05) is 6.92 Å². The summed E-state index contributed by atoms with van der Waals surface area (Å²) in [5.74, 6) is 0.685. The highest BCUT2D eigenvalue weighted by atomic mass is 79.9. The summed E-state index contributed by atoms with van der Waals surface area (Å²) >= 11 is 3.34. The number of halogens is 2. The molecular formula is C14H15BrFN3O2. The monoisotopic (exact) mass is 355 g/mol. The van der Waals surface area contributed by atoms with Crippen molar-refractivity contribution in [3.8, 4) is 17.4 Å². The lowest BCUT2D eigenvalue weighted by Gasteiger charge is -2.10. The van der Waals surface area contributed by atoms with Crippen molar-refractivity contribution in [2.75, 3.05) is 19.0 Å². The normalized spacial score (nSPS) is 10.3. The van der Waals surface area contributed by atoms with Gasteiger partial charge in [-0.2, -0.15) is 9.37 Å². The molecule has 0 saturated carbocycles. The van der Waals surface area contributed by atoms with E-state index in [9.17, 15) is 4.39 Å². The van der Waals surface area contributed by atoms with Gasteiger partial charge in [0.05, 0.1) is 17.8 Å². The van der Waals surface area contributed by atoms with Gasteiger partial charge in [-0.25, -0.2) is 4.98 Å². The van der Waals surface area contributed by atoms with Gasteiger partial charge in [0.2, 0.25) is 11.8 Å². The first-order valence-electron chi connectivity index (χ1n) is 6.41. The van der Waals surface area contributed by atoms with Crippen LogP contribution in [0.5, 0.6) is 17.4 Å². The van der Waals surface area contributed by atoms with Crippen molar-refractivity contribution in [1.82, 2.24) is 9.97 Å². The van der Waals surface area contributed by atoms with Gasteiger partial charge in [-0.15, -0.1) is 0 Å². The molecule has 0 spiro atoms. The lowest BCUT2D eigenvalue weighted by molar-refractivity contribution is 0.405. The first-order chi connectivity index (χ1) is 10.1. The van der Waals surface area contributed by atoms with Gasteiger partial charge in [0.1, 0.15) is 11.5 Å². The summed E-state index contributed by atoms with van der Waals surface area (Å²) in [4.78, 5) is 7.88. The predicted molar refractivity (Wildman–Crippen MR) is 81.5 cm³/mol. The van der Waals surface area contributed by atoms with Crippen LogP contribution in [0.4, 0.5) is 10.3 Å². The predicted octanol–water partition coefficient (Wildman–Crippen LogP) is 4.00. The van der Waals surface area contributed by atoms with E-state index in [4.69, 9.17) is 9.47 Å². The van der Waals surface area contributed by atoms with E-state index >= 15 is 0 Å². The molecule has 5 nitrogen and oxygen atoms in total. The summed E-state index contributed by atoms with van der Waals surface area (Å²) in [5, 5.41) is 2.98. The van der Waals surface area contributed by atoms with Crippen molar-refractivity contribution < 1.29 is 13.9 Å². The minimum Gasteiger partial charge on any atom is -0.497 e. The van der Waals surface area contributed by atoms with E-state index < -0.39 is 5.82 Å². The summed E-state index contributed by atoms with van der Waals surface area (Å²) < 4.78 is 25.0. The first-order valence-corrected chi connectivity index (χ1v) is 7.21. The zero-order chi connectivity index (χ0) is 15.2. The maximum Gasteiger partial charge on any atom is 0.260 e. The van der Waals surface area contributed by atoms with E-state index in [1.54, 1.807) is 25.3 Å². The molecule has 21 heavy (non-hydrogen) atoms. The van der Waals surface area contributed by atoms with Crippen LogP contribution in [0.3, 0.4) is 0 Å². The first kappa shape index (κ1) is 15.5. The number of hydrogen-bond donors (Lipinski definition) is 1. The Labute approximate surface area is 130 Å². The lowest BCUT2D eigenvalue weighted by Crippen LogP contribution is -2.05. The molecule has 112 valence electrons. The largest absolute Gasteiger partial charge is 0.497 e. The quantitative estimate of drug-likeness (QED) is 0.848. The molecule has 0 atom stereocenters. The molecule has 2 aromatic rings. The van der Waals surface area contributed by atoms with Gasteiger partial charge in [0, 0.05) is 6.54 Å². The van der Waals surface area contributed by atoms with Crippen LogP contribution in [0.25, 0.3) is 0 Å².